The highest BCUT2D eigenvalue weighted by Crippen LogP contribution is 2.26. The number of halogens is 1. The highest BCUT2D eigenvalue weighted by molar-refractivity contribution is 5.89. The van der Waals surface area contributed by atoms with Gasteiger partial charge in [-0.25, -0.2) is 4.39 Å². The number of piperidine rings is 1. The molecular formula is C21H21FN2. The molecule has 0 spiro atoms. The Morgan fingerprint density at radius 2 is 1.79 bits per heavy atom. The lowest BCUT2D eigenvalue weighted by Gasteiger charge is -2.29. The minimum absolute atomic E-state index is 0.216. The maximum atomic E-state index is 14.5. The second-order valence-corrected chi connectivity index (χ2v) is 6.29. The van der Waals surface area contributed by atoms with Crippen LogP contribution in [-0.2, 0) is 0 Å². The lowest BCUT2D eigenvalue weighted by molar-refractivity contribution is 0.557. The molecule has 1 heterocycles. The molecule has 0 bridgehead atoms. The van der Waals surface area contributed by atoms with Gasteiger partial charge in [-0.3, -0.25) is 0 Å². The van der Waals surface area contributed by atoms with Crippen molar-refractivity contribution in [1.82, 2.24) is 0 Å². The van der Waals surface area contributed by atoms with Gasteiger partial charge < -0.3 is 4.90 Å². The summed E-state index contributed by atoms with van der Waals surface area (Å²) < 4.78 is 14.5. The molecular weight excluding hydrogens is 299 g/mol. The van der Waals surface area contributed by atoms with Crippen LogP contribution in [0.5, 0.6) is 0 Å². The molecule has 1 aliphatic rings. The Kier molecular flexibility index (Phi) is 4.96. The predicted molar refractivity (Wildman–Crippen MR) is 97.1 cm³/mol. The van der Waals surface area contributed by atoms with E-state index in [9.17, 15) is 9.65 Å². The third-order valence-corrected chi connectivity index (χ3v) is 4.46. The van der Waals surface area contributed by atoms with Crippen molar-refractivity contribution < 1.29 is 4.39 Å². The first-order chi connectivity index (χ1) is 11.7. The highest BCUT2D eigenvalue weighted by Gasteiger charge is 2.14. The molecule has 1 saturated heterocycles. The van der Waals surface area contributed by atoms with Crippen LogP contribution in [0.25, 0.3) is 11.6 Å². The Hall–Kier alpha value is -2.60. The van der Waals surface area contributed by atoms with Crippen LogP contribution >= 0.6 is 0 Å². The summed E-state index contributed by atoms with van der Waals surface area (Å²) in [6.45, 7) is 3.84. The van der Waals surface area contributed by atoms with Gasteiger partial charge in [0.2, 0.25) is 0 Å². The van der Waals surface area contributed by atoms with Gasteiger partial charge in [0.15, 0.2) is 0 Å². The molecule has 2 aromatic carbocycles. The molecule has 24 heavy (non-hydrogen) atoms. The molecule has 3 rings (SSSR count). The maximum Gasteiger partial charge on any atom is 0.147 e. The first-order valence-electron chi connectivity index (χ1n) is 8.41. The lowest BCUT2D eigenvalue weighted by Crippen LogP contribution is -2.30. The number of nitriles is 1. The monoisotopic (exact) mass is 320 g/mol. The summed E-state index contributed by atoms with van der Waals surface area (Å²) in [7, 11) is 0. The van der Waals surface area contributed by atoms with E-state index in [4.69, 9.17) is 0 Å². The third kappa shape index (κ3) is 3.65. The van der Waals surface area contributed by atoms with Gasteiger partial charge in [0.25, 0.3) is 0 Å². The van der Waals surface area contributed by atoms with Crippen LogP contribution in [-0.4, -0.2) is 13.1 Å². The largest absolute Gasteiger partial charge is 0.369 e. The van der Waals surface area contributed by atoms with E-state index in [-0.39, 0.29) is 5.82 Å². The molecule has 3 heteroatoms. The number of allylic oxidation sites excluding steroid dienone is 1. The number of nitrogens with zero attached hydrogens (tertiary/aromatic N) is 2. The molecule has 0 atom stereocenters. The Morgan fingerprint density at radius 3 is 2.42 bits per heavy atom. The molecule has 0 aromatic heterocycles. The van der Waals surface area contributed by atoms with Crippen LogP contribution in [0.3, 0.4) is 0 Å². The van der Waals surface area contributed by atoms with Crippen LogP contribution in [0.15, 0.2) is 42.5 Å². The number of rotatable bonds is 3. The van der Waals surface area contributed by atoms with Crippen molar-refractivity contribution in [3.8, 4) is 6.07 Å². The van der Waals surface area contributed by atoms with Crippen molar-refractivity contribution in [2.45, 2.75) is 26.2 Å². The number of aryl methyl sites for hydroxylation is 1. The van der Waals surface area contributed by atoms with Crippen LogP contribution in [0, 0.1) is 24.1 Å². The summed E-state index contributed by atoms with van der Waals surface area (Å²) in [6.07, 6.45) is 5.20. The number of benzene rings is 2. The topological polar surface area (TPSA) is 27.0 Å². The zero-order valence-electron chi connectivity index (χ0n) is 13.9. The van der Waals surface area contributed by atoms with Crippen LogP contribution < -0.4 is 4.90 Å². The Morgan fingerprint density at radius 1 is 1.08 bits per heavy atom. The predicted octanol–water partition coefficient (Wildman–Crippen LogP) is 5.19. The van der Waals surface area contributed by atoms with E-state index < -0.39 is 0 Å². The van der Waals surface area contributed by atoms with Gasteiger partial charge in [0.05, 0.1) is 17.3 Å². The molecule has 0 saturated carbocycles. The van der Waals surface area contributed by atoms with E-state index in [1.165, 1.54) is 12.5 Å². The summed E-state index contributed by atoms with van der Waals surface area (Å²) in [6, 6.07) is 15.2. The van der Waals surface area contributed by atoms with Gasteiger partial charge in [-0.05, 0) is 55.5 Å². The van der Waals surface area contributed by atoms with E-state index in [1.54, 1.807) is 6.08 Å². The first kappa shape index (κ1) is 16.3. The van der Waals surface area contributed by atoms with Crippen molar-refractivity contribution in [2.24, 2.45) is 0 Å². The Balaban J connectivity index is 1.87. The van der Waals surface area contributed by atoms with Crippen LogP contribution in [0.2, 0.25) is 0 Å². The van der Waals surface area contributed by atoms with E-state index in [0.29, 0.717) is 16.8 Å². The standard InChI is InChI=1S/C21H21FN2/c1-16-5-8-18(9-6-16)19(15-23)13-17-7-10-21(20(22)14-17)24-11-3-2-4-12-24/h5-10,13-14H,2-4,11-12H2,1H3/b19-13-. The van der Waals surface area contributed by atoms with Gasteiger partial charge in [-0.2, -0.15) is 5.26 Å². The molecule has 122 valence electrons. The SMILES string of the molecule is Cc1ccc(/C(C#N)=C\c2ccc(N3CCCCC3)c(F)c2)cc1. The fraction of sp³-hybridized carbons (Fsp3) is 0.286. The Labute approximate surface area is 142 Å². The quantitative estimate of drug-likeness (QED) is 0.575. The lowest BCUT2D eigenvalue weighted by atomic mass is 10.0. The molecule has 2 aromatic rings. The van der Waals surface area contributed by atoms with Crippen LogP contribution in [0.4, 0.5) is 10.1 Å². The zero-order valence-corrected chi connectivity index (χ0v) is 13.9. The highest BCUT2D eigenvalue weighted by atomic mass is 19.1. The van der Waals surface area contributed by atoms with Crippen molar-refractivity contribution in [3.63, 3.8) is 0 Å². The summed E-state index contributed by atoms with van der Waals surface area (Å²) in [5.41, 5.74) is 3.92. The van der Waals surface area contributed by atoms with E-state index in [0.717, 1.165) is 37.1 Å². The first-order valence-corrected chi connectivity index (χ1v) is 8.41. The summed E-state index contributed by atoms with van der Waals surface area (Å²) in [5, 5.41) is 9.42. The molecule has 0 radical (unpaired) electrons. The van der Waals surface area contributed by atoms with Crippen molar-refractivity contribution >= 4 is 17.3 Å². The van der Waals surface area contributed by atoms with Gasteiger partial charge in [-0.15, -0.1) is 0 Å². The average molecular weight is 320 g/mol. The minimum atomic E-state index is -0.216. The number of hydrogen-bond acceptors (Lipinski definition) is 2. The summed E-state index contributed by atoms with van der Waals surface area (Å²) >= 11 is 0. The molecule has 0 amide bonds. The van der Waals surface area contributed by atoms with E-state index in [1.807, 2.05) is 43.3 Å². The molecule has 1 aliphatic heterocycles. The molecule has 2 nitrogen and oxygen atoms in total. The van der Waals surface area contributed by atoms with Crippen LogP contribution in [0.1, 0.15) is 36.0 Å². The maximum absolute atomic E-state index is 14.5. The summed E-state index contributed by atoms with van der Waals surface area (Å²) in [5.74, 6) is -0.216. The van der Waals surface area contributed by atoms with E-state index >= 15 is 0 Å². The van der Waals surface area contributed by atoms with Gasteiger partial charge >= 0.3 is 0 Å². The third-order valence-electron chi connectivity index (χ3n) is 4.46. The second-order valence-electron chi connectivity index (χ2n) is 6.29. The van der Waals surface area contributed by atoms with E-state index in [2.05, 4.69) is 11.0 Å². The fourth-order valence-electron chi connectivity index (χ4n) is 3.08. The van der Waals surface area contributed by atoms with Gasteiger partial charge in [0, 0.05) is 13.1 Å². The molecule has 1 fully saturated rings. The summed E-state index contributed by atoms with van der Waals surface area (Å²) in [4.78, 5) is 2.11. The van der Waals surface area contributed by atoms with Gasteiger partial charge in [0.1, 0.15) is 5.82 Å². The molecule has 0 aliphatic carbocycles. The Bertz CT molecular complexity index is 778. The smallest absolute Gasteiger partial charge is 0.147 e. The minimum Gasteiger partial charge on any atom is -0.369 e. The van der Waals surface area contributed by atoms with Crippen molar-refractivity contribution in [1.29, 1.82) is 5.26 Å². The normalized spacial score (nSPS) is 15.2. The van der Waals surface area contributed by atoms with Crippen molar-refractivity contribution in [3.05, 3.63) is 65.0 Å². The number of anilines is 1. The molecule has 0 unspecified atom stereocenters. The number of hydrogen-bond donors (Lipinski definition) is 0. The van der Waals surface area contributed by atoms with Gasteiger partial charge in [-0.1, -0.05) is 35.9 Å². The van der Waals surface area contributed by atoms with Crippen molar-refractivity contribution in [2.75, 3.05) is 18.0 Å². The zero-order chi connectivity index (χ0) is 16.9. The fourth-order valence-corrected chi connectivity index (χ4v) is 3.08. The average Bonchev–Trinajstić information content (AvgIpc) is 2.61. The second kappa shape index (κ2) is 7.31. The molecule has 0 N–H and O–H groups in total.